The molecule has 1 N–H and O–H groups in total. The summed E-state index contributed by atoms with van der Waals surface area (Å²) in [4.78, 5) is 13.9. The van der Waals surface area contributed by atoms with E-state index in [1.54, 1.807) is 11.9 Å². The number of rotatable bonds is 6. The van der Waals surface area contributed by atoms with E-state index in [1.165, 1.54) is 24.3 Å². The highest BCUT2D eigenvalue weighted by Crippen LogP contribution is 2.22. The van der Waals surface area contributed by atoms with Crippen LogP contribution < -0.4 is 4.72 Å². The van der Waals surface area contributed by atoms with Gasteiger partial charge in [0, 0.05) is 18.3 Å². The summed E-state index contributed by atoms with van der Waals surface area (Å²) in [6, 6.07) is 17.6. The van der Waals surface area contributed by atoms with Crippen molar-refractivity contribution >= 4 is 21.6 Å². The van der Waals surface area contributed by atoms with Gasteiger partial charge in [-0.05, 0) is 55.0 Å². The minimum absolute atomic E-state index is 0.148. The van der Waals surface area contributed by atoms with E-state index >= 15 is 0 Å². The average Bonchev–Trinajstić information content (AvgIpc) is 2.75. The Morgan fingerprint density at radius 2 is 1.57 bits per heavy atom. The minimum Gasteiger partial charge on any atom is -0.335 e. The molecule has 3 rings (SSSR count). The van der Waals surface area contributed by atoms with Crippen LogP contribution in [0.2, 0.25) is 0 Å². The molecule has 30 heavy (non-hydrogen) atoms. The highest BCUT2D eigenvalue weighted by atomic mass is 32.2. The zero-order chi connectivity index (χ0) is 21.9. The Morgan fingerprint density at radius 1 is 0.933 bits per heavy atom. The van der Waals surface area contributed by atoms with Crippen molar-refractivity contribution in [3.63, 3.8) is 0 Å². The maximum atomic E-state index is 13.3. The summed E-state index contributed by atoms with van der Waals surface area (Å²) < 4.78 is 53.4. The number of sulfonamides is 1. The number of carbonyl (C=O) groups excluding carboxylic acids is 1. The molecule has 0 unspecified atom stereocenters. The lowest BCUT2D eigenvalue weighted by Crippen LogP contribution is -2.29. The van der Waals surface area contributed by atoms with Gasteiger partial charge in [-0.1, -0.05) is 30.3 Å². The van der Waals surface area contributed by atoms with E-state index in [0.29, 0.717) is 11.6 Å². The van der Waals surface area contributed by atoms with Gasteiger partial charge in [0.25, 0.3) is 15.9 Å². The van der Waals surface area contributed by atoms with Gasteiger partial charge in [0.2, 0.25) is 0 Å². The number of hydrogen-bond donors (Lipinski definition) is 1. The van der Waals surface area contributed by atoms with Gasteiger partial charge in [0.1, 0.15) is 0 Å². The normalized spacial score (nSPS) is 12.3. The Bertz CT molecular complexity index is 1150. The standard InChI is InChI=1S/C22H20F2N2O3S/c1-15(16-6-4-3-5-7-16)26(2)22(27)17-8-10-18(11-9-17)25-30(28,29)19-12-13-20(23)21(24)14-19/h3-15,25H,1-2H3/t15-/m1/s1. The lowest BCUT2D eigenvalue weighted by molar-refractivity contribution is 0.0742. The van der Waals surface area contributed by atoms with E-state index in [4.69, 9.17) is 0 Å². The maximum absolute atomic E-state index is 13.3. The molecule has 0 radical (unpaired) electrons. The van der Waals surface area contributed by atoms with Crippen LogP contribution in [0.15, 0.2) is 77.7 Å². The van der Waals surface area contributed by atoms with Gasteiger partial charge in [0.05, 0.1) is 10.9 Å². The zero-order valence-electron chi connectivity index (χ0n) is 16.3. The molecular formula is C22H20F2N2O3S. The molecule has 0 spiro atoms. The second-order valence-electron chi connectivity index (χ2n) is 6.76. The van der Waals surface area contributed by atoms with Crippen molar-refractivity contribution in [3.8, 4) is 0 Å². The fourth-order valence-electron chi connectivity index (χ4n) is 2.87. The van der Waals surface area contributed by atoms with Crippen molar-refractivity contribution in [2.75, 3.05) is 11.8 Å². The van der Waals surface area contributed by atoms with Crippen LogP contribution in [-0.4, -0.2) is 26.3 Å². The zero-order valence-corrected chi connectivity index (χ0v) is 17.2. The third-order valence-electron chi connectivity index (χ3n) is 4.77. The third-order valence-corrected chi connectivity index (χ3v) is 6.15. The molecule has 0 fully saturated rings. The van der Waals surface area contributed by atoms with Crippen molar-refractivity contribution < 1.29 is 22.0 Å². The predicted molar refractivity (Wildman–Crippen MR) is 111 cm³/mol. The number of halogens is 2. The van der Waals surface area contributed by atoms with E-state index in [9.17, 15) is 22.0 Å². The molecule has 5 nitrogen and oxygen atoms in total. The Morgan fingerprint density at radius 3 is 2.17 bits per heavy atom. The summed E-state index contributed by atoms with van der Waals surface area (Å²) in [5.41, 5.74) is 1.57. The van der Waals surface area contributed by atoms with Crippen molar-refractivity contribution in [3.05, 3.63) is 95.6 Å². The number of benzene rings is 3. The quantitative estimate of drug-likeness (QED) is 0.622. The maximum Gasteiger partial charge on any atom is 0.261 e. The Labute approximate surface area is 174 Å². The second-order valence-corrected chi connectivity index (χ2v) is 8.44. The van der Waals surface area contributed by atoms with Crippen molar-refractivity contribution in [2.45, 2.75) is 17.9 Å². The van der Waals surface area contributed by atoms with Crippen LogP contribution in [0.5, 0.6) is 0 Å². The fraction of sp³-hybridized carbons (Fsp3) is 0.136. The minimum atomic E-state index is -4.10. The third kappa shape index (κ3) is 4.65. The Kier molecular flexibility index (Phi) is 6.17. The molecule has 0 saturated heterocycles. The predicted octanol–water partition coefficient (Wildman–Crippen LogP) is 4.60. The van der Waals surface area contributed by atoms with Crippen LogP contribution >= 0.6 is 0 Å². The van der Waals surface area contributed by atoms with Crippen LogP contribution in [0.3, 0.4) is 0 Å². The van der Waals surface area contributed by atoms with Crippen LogP contribution in [0.25, 0.3) is 0 Å². The highest BCUT2D eigenvalue weighted by Gasteiger charge is 2.20. The molecule has 3 aromatic carbocycles. The first-order valence-corrected chi connectivity index (χ1v) is 10.6. The second kappa shape index (κ2) is 8.62. The van der Waals surface area contributed by atoms with Gasteiger partial charge in [-0.3, -0.25) is 9.52 Å². The average molecular weight is 430 g/mol. The van der Waals surface area contributed by atoms with E-state index in [1.807, 2.05) is 37.3 Å². The van der Waals surface area contributed by atoms with Crippen LogP contribution in [0.1, 0.15) is 28.9 Å². The van der Waals surface area contributed by atoms with Crippen molar-refractivity contribution in [1.29, 1.82) is 0 Å². The first-order valence-electron chi connectivity index (χ1n) is 9.09. The topological polar surface area (TPSA) is 66.5 Å². The van der Waals surface area contributed by atoms with Gasteiger partial charge in [0.15, 0.2) is 11.6 Å². The van der Waals surface area contributed by atoms with Crippen LogP contribution in [0, 0.1) is 11.6 Å². The van der Waals surface area contributed by atoms with E-state index in [-0.39, 0.29) is 17.6 Å². The highest BCUT2D eigenvalue weighted by molar-refractivity contribution is 7.92. The van der Waals surface area contributed by atoms with Crippen molar-refractivity contribution in [1.82, 2.24) is 4.90 Å². The molecule has 0 aliphatic rings. The number of nitrogens with zero attached hydrogens (tertiary/aromatic N) is 1. The van der Waals surface area contributed by atoms with E-state index in [0.717, 1.165) is 17.7 Å². The summed E-state index contributed by atoms with van der Waals surface area (Å²) in [6.07, 6.45) is 0. The smallest absolute Gasteiger partial charge is 0.261 e. The fourth-order valence-corrected chi connectivity index (χ4v) is 3.94. The van der Waals surface area contributed by atoms with Crippen LogP contribution in [-0.2, 0) is 10.0 Å². The molecule has 0 aliphatic carbocycles. The lowest BCUT2D eigenvalue weighted by Gasteiger charge is -2.25. The van der Waals surface area contributed by atoms with E-state index < -0.39 is 26.6 Å². The molecule has 0 heterocycles. The Balaban J connectivity index is 1.74. The molecular weight excluding hydrogens is 410 g/mol. The Hall–Kier alpha value is -3.26. The summed E-state index contributed by atoms with van der Waals surface area (Å²) in [6.45, 7) is 1.91. The molecule has 156 valence electrons. The summed E-state index contributed by atoms with van der Waals surface area (Å²) in [7, 11) is -2.41. The molecule has 1 amide bonds. The van der Waals surface area contributed by atoms with Gasteiger partial charge < -0.3 is 4.90 Å². The van der Waals surface area contributed by atoms with Gasteiger partial charge in [-0.15, -0.1) is 0 Å². The molecule has 8 heteroatoms. The SMILES string of the molecule is C[C@H](c1ccccc1)N(C)C(=O)c1ccc(NS(=O)(=O)c2ccc(F)c(F)c2)cc1. The molecule has 0 saturated carbocycles. The lowest BCUT2D eigenvalue weighted by atomic mass is 10.1. The largest absolute Gasteiger partial charge is 0.335 e. The van der Waals surface area contributed by atoms with Gasteiger partial charge in [-0.2, -0.15) is 0 Å². The van der Waals surface area contributed by atoms with Gasteiger partial charge >= 0.3 is 0 Å². The molecule has 0 aromatic heterocycles. The van der Waals surface area contributed by atoms with Crippen LogP contribution in [0.4, 0.5) is 14.5 Å². The van der Waals surface area contributed by atoms with Gasteiger partial charge in [-0.25, -0.2) is 17.2 Å². The molecule has 3 aromatic rings. The number of nitrogens with one attached hydrogen (secondary N) is 1. The van der Waals surface area contributed by atoms with E-state index in [2.05, 4.69) is 4.72 Å². The van der Waals surface area contributed by atoms with Crippen molar-refractivity contribution in [2.24, 2.45) is 0 Å². The number of anilines is 1. The number of hydrogen-bond acceptors (Lipinski definition) is 3. The number of amides is 1. The summed E-state index contributed by atoms with van der Waals surface area (Å²) in [5.74, 6) is -2.61. The molecule has 0 aliphatic heterocycles. The molecule has 0 bridgehead atoms. The first kappa shape index (κ1) is 21.4. The first-order chi connectivity index (χ1) is 14.2. The monoisotopic (exact) mass is 430 g/mol. The molecule has 1 atom stereocenters. The number of carbonyl (C=O) groups is 1. The summed E-state index contributed by atoms with van der Waals surface area (Å²) >= 11 is 0. The summed E-state index contributed by atoms with van der Waals surface area (Å²) in [5, 5.41) is 0.